The number of hydrogen-bond donors (Lipinski definition) is 2. The van der Waals surface area contributed by atoms with Crippen molar-refractivity contribution in [3.8, 4) is 0 Å². The number of nitrogens with zero attached hydrogens (tertiary/aromatic N) is 3. The molecule has 2 aromatic heterocycles. The Morgan fingerprint density at radius 3 is 3.08 bits per heavy atom. The molecule has 0 aliphatic heterocycles. The van der Waals surface area contributed by atoms with E-state index in [0.717, 1.165) is 0 Å². The first-order chi connectivity index (χ1) is 6.31. The van der Waals surface area contributed by atoms with E-state index >= 15 is 0 Å². The molecule has 3 N–H and O–H groups in total. The van der Waals surface area contributed by atoms with Gasteiger partial charge in [-0.1, -0.05) is 6.07 Å². The van der Waals surface area contributed by atoms with Gasteiger partial charge in [0.05, 0.1) is 0 Å². The molecule has 0 saturated carbocycles. The zero-order valence-corrected chi connectivity index (χ0v) is 6.96. The Balaban J connectivity index is 2.49. The maximum atomic E-state index is 9.37. The number of aliphatic hydroxyl groups excluding tert-OH is 1. The molecule has 0 radical (unpaired) electrons. The van der Waals surface area contributed by atoms with E-state index in [1.165, 1.54) is 0 Å². The number of hydrogen-bond acceptors (Lipinski definition) is 4. The van der Waals surface area contributed by atoms with Crippen LogP contribution in [0.1, 0.15) is 11.9 Å². The van der Waals surface area contributed by atoms with Gasteiger partial charge in [0, 0.05) is 12.7 Å². The molecule has 0 spiro atoms. The van der Waals surface area contributed by atoms with Crippen molar-refractivity contribution in [1.82, 2.24) is 14.6 Å². The van der Waals surface area contributed by atoms with E-state index in [2.05, 4.69) is 10.1 Å². The fourth-order valence-corrected chi connectivity index (χ4v) is 1.10. The first kappa shape index (κ1) is 8.15. The molecule has 0 aliphatic carbocycles. The van der Waals surface area contributed by atoms with Crippen LogP contribution in [0.5, 0.6) is 0 Å². The maximum absolute atomic E-state index is 9.37. The summed E-state index contributed by atoms with van der Waals surface area (Å²) in [7, 11) is 0. The normalized spacial score (nSPS) is 13.4. The van der Waals surface area contributed by atoms with Gasteiger partial charge in [-0.2, -0.15) is 0 Å². The number of aliphatic hydroxyl groups is 1. The molecule has 13 heavy (non-hydrogen) atoms. The summed E-state index contributed by atoms with van der Waals surface area (Å²) in [5.74, 6) is 0.369. The van der Waals surface area contributed by atoms with Gasteiger partial charge in [0.15, 0.2) is 11.5 Å². The predicted octanol–water partition coefficient (Wildman–Crippen LogP) is -0.279. The second-order valence-electron chi connectivity index (χ2n) is 2.72. The molecule has 1 atom stereocenters. The Kier molecular flexibility index (Phi) is 1.96. The van der Waals surface area contributed by atoms with Gasteiger partial charge in [-0.25, -0.2) is 9.50 Å². The highest BCUT2D eigenvalue weighted by Gasteiger charge is 2.10. The summed E-state index contributed by atoms with van der Waals surface area (Å²) >= 11 is 0. The molecular formula is C8H10N4O. The fraction of sp³-hybridized carbons (Fsp3) is 0.250. The van der Waals surface area contributed by atoms with Crippen molar-refractivity contribution >= 4 is 5.65 Å². The molecule has 2 rings (SSSR count). The third-order valence-corrected chi connectivity index (χ3v) is 1.78. The van der Waals surface area contributed by atoms with E-state index in [0.29, 0.717) is 11.5 Å². The van der Waals surface area contributed by atoms with Gasteiger partial charge in [0.1, 0.15) is 6.10 Å². The number of aromatic nitrogens is 3. The Morgan fingerprint density at radius 1 is 1.54 bits per heavy atom. The Labute approximate surface area is 74.8 Å². The fourth-order valence-electron chi connectivity index (χ4n) is 1.10. The van der Waals surface area contributed by atoms with Crippen LogP contribution < -0.4 is 5.73 Å². The molecular weight excluding hydrogens is 168 g/mol. The molecule has 0 fully saturated rings. The van der Waals surface area contributed by atoms with Crippen molar-refractivity contribution in [2.45, 2.75) is 6.10 Å². The van der Waals surface area contributed by atoms with E-state index in [1.54, 1.807) is 10.7 Å². The molecule has 2 heterocycles. The lowest BCUT2D eigenvalue weighted by atomic mass is 10.3. The Hall–Kier alpha value is -1.46. The number of fused-ring (bicyclic) bond motifs is 1. The van der Waals surface area contributed by atoms with Crippen LogP contribution in [-0.4, -0.2) is 26.2 Å². The molecule has 0 amide bonds. The van der Waals surface area contributed by atoms with E-state index in [4.69, 9.17) is 5.73 Å². The molecule has 5 nitrogen and oxygen atoms in total. The third-order valence-electron chi connectivity index (χ3n) is 1.78. The summed E-state index contributed by atoms with van der Waals surface area (Å²) < 4.78 is 1.61. The van der Waals surface area contributed by atoms with Crippen LogP contribution >= 0.6 is 0 Å². The summed E-state index contributed by atoms with van der Waals surface area (Å²) in [6, 6.07) is 5.53. The van der Waals surface area contributed by atoms with Crippen molar-refractivity contribution in [1.29, 1.82) is 0 Å². The van der Waals surface area contributed by atoms with Crippen LogP contribution in [0.15, 0.2) is 24.4 Å². The summed E-state index contributed by atoms with van der Waals surface area (Å²) in [6.45, 7) is 0.136. The summed E-state index contributed by atoms with van der Waals surface area (Å²) in [5.41, 5.74) is 6.00. The van der Waals surface area contributed by atoms with Crippen LogP contribution in [-0.2, 0) is 0 Å². The minimum absolute atomic E-state index is 0.136. The van der Waals surface area contributed by atoms with Crippen molar-refractivity contribution < 1.29 is 5.11 Å². The van der Waals surface area contributed by atoms with Crippen LogP contribution in [0.2, 0.25) is 0 Å². The summed E-state index contributed by atoms with van der Waals surface area (Å²) in [4.78, 5) is 4.11. The van der Waals surface area contributed by atoms with E-state index in [-0.39, 0.29) is 6.54 Å². The average molecular weight is 178 g/mol. The van der Waals surface area contributed by atoms with Gasteiger partial charge in [0.2, 0.25) is 0 Å². The summed E-state index contributed by atoms with van der Waals surface area (Å²) in [6.07, 6.45) is 0.995. The zero-order valence-electron chi connectivity index (χ0n) is 6.96. The van der Waals surface area contributed by atoms with Crippen LogP contribution in [0.25, 0.3) is 5.65 Å². The van der Waals surface area contributed by atoms with Gasteiger partial charge in [-0.05, 0) is 12.1 Å². The molecule has 0 aromatic carbocycles. The molecule has 0 saturated heterocycles. The maximum Gasteiger partial charge on any atom is 0.181 e. The highest BCUT2D eigenvalue weighted by molar-refractivity contribution is 5.36. The lowest BCUT2D eigenvalue weighted by Crippen LogP contribution is -2.13. The van der Waals surface area contributed by atoms with E-state index in [1.807, 2.05) is 18.2 Å². The van der Waals surface area contributed by atoms with Gasteiger partial charge in [-0.15, -0.1) is 5.10 Å². The first-order valence-electron chi connectivity index (χ1n) is 4.00. The minimum atomic E-state index is -0.778. The smallest absolute Gasteiger partial charge is 0.181 e. The van der Waals surface area contributed by atoms with Gasteiger partial charge >= 0.3 is 0 Å². The predicted molar refractivity (Wildman–Crippen MR) is 47.0 cm³/mol. The van der Waals surface area contributed by atoms with E-state index in [9.17, 15) is 5.11 Å². The number of nitrogens with two attached hydrogens (primary N) is 1. The van der Waals surface area contributed by atoms with Crippen molar-refractivity contribution in [2.75, 3.05) is 6.54 Å². The number of pyridine rings is 1. The largest absolute Gasteiger partial charge is 0.384 e. The van der Waals surface area contributed by atoms with Crippen molar-refractivity contribution in [2.24, 2.45) is 5.73 Å². The molecule has 1 unspecified atom stereocenters. The number of rotatable bonds is 2. The van der Waals surface area contributed by atoms with Gasteiger partial charge < -0.3 is 10.8 Å². The minimum Gasteiger partial charge on any atom is -0.384 e. The molecule has 2 aromatic rings. The average Bonchev–Trinajstić information content (AvgIpc) is 2.59. The highest BCUT2D eigenvalue weighted by atomic mass is 16.3. The monoisotopic (exact) mass is 178 g/mol. The van der Waals surface area contributed by atoms with Gasteiger partial charge in [-0.3, -0.25) is 0 Å². The topological polar surface area (TPSA) is 76.4 Å². The highest BCUT2D eigenvalue weighted by Crippen LogP contribution is 2.07. The molecule has 68 valence electrons. The zero-order chi connectivity index (χ0) is 9.26. The standard InChI is InChI=1S/C8H10N4O/c9-5-6(13)8-10-7-3-1-2-4-12(7)11-8/h1-4,6,13H,5,9H2. The first-order valence-corrected chi connectivity index (χ1v) is 4.00. The lowest BCUT2D eigenvalue weighted by Gasteiger charge is -1.98. The van der Waals surface area contributed by atoms with Crippen LogP contribution in [0, 0.1) is 0 Å². The third kappa shape index (κ3) is 1.39. The Bertz CT molecular complexity index is 378. The van der Waals surface area contributed by atoms with Crippen LogP contribution in [0.3, 0.4) is 0 Å². The quantitative estimate of drug-likeness (QED) is 0.663. The van der Waals surface area contributed by atoms with Gasteiger partial charge in [0.25, 0.3) is 0 Å². The molecule has 0 bridgehead atoms. The SMILES string of the molecule is NCC(O)c1nc2ccccn2n1. The van der Waals surface area contributed by atoms with E-state index < -0.39 is 6.10 Å². The van der Waals surface area contributed by atoms with Crippen molar-refractivity contribution in [3.05, 3.63) is 30.2 Å². The molecule has 0 aliphatic rings. The van der Waals surface area contributed by atoms with Crippen LogP contribution in [0.4, 0.5) is 0 Å². The van der Waals surface area contributed by atoms with Crippen molar-refractivity contribution in [3.63, 3.8) is 0 Å². The summed E-state index contributed by atoms with van der Waals surface area (Å²) in [5, 5.41) is 13.4. The second-order valence-corrected chi connectivity index (χ2v) is 2.72. The lowest BCUT2D eigenvalue weighted by molar-refractivity contribution is 0.177. The molecule has 5 heteroatoms. The Morgan fingerprint density at radius 2 is 2.38 bits per heavy atom. The second kappa shape index (κ2) is 3.12.